The van der Waals surface area contributed by atoms with E-state index in [1.807, 2.05) is 35.0 Å². The van der Waals surface area contributed by atoms with Crippen LogP contribution in [0, 0.1) is 17.2 Å². The van der Waals surface area contributed by atoms with Gasteiger partial charge in [0.2, 0.25) is 0 Å². The third-order valence-electron chi connectivity index (χ3n) is 3.41. The minimum atomic E-state index is -0.768. The van der Waals surface area contributed by atoms with E-state index in [9.17, 15) is 9.90 Å². The van der Waals surface area contributed by atoms with E-state index >= 15 is 0 Å². The van der Waals surface area contributed by atoms with Crippen LogP contribution >= 0.6 is 0 Å². The summed E-state index contributed by atoms with van der Waals surface area (Å²) < 4.78 is 0. The van der Waals surface area contributed by atoms with Crippen molar-refractivity contribution in [1.29, 1.82) is 5.26 Å². The molecule has 2 rings (SSSR count). The maximum atomic E-state index is 11.2. The fourth-order valence-corrected chi connectivity index (χ4v) is 2.34. The quantitative estimate of drug-likeness (QED) is 0.858. The molecule has 1 unspecified atom stereocenters. The van der Waals surface area contributed by atoms with Crippen molar-refractivity contribution in [2.45, 2.75) is 0 Å². The molecule has 0 saturated carbocycles. The number of nitriles is 1. The number of carboxylic acids is 1. The molecule has 1 aliphatic heterocycles. The van der Waals surface area contributed by atoms with Crippen molar-refractivity contribution >= 4 is 11.7 Å². The molecule has 0 bridgehead atoms. The van der Waals surface area contributed by atoms with Crippen LogP contribution in [0.3, 0.4) is 0 Å². The summed E-state index contributed by atoms with van der Waals surface area (Å²) in [5, 5.41) is 18.2. The number of hydrogen-bond donors (Lipinski definition) is 1. The molecule has 1 fully saturated rings. The van der Waals surface area contributed by atoms with Crippen molar-refractivity contribution in [2.24, 2.45) is 5.92 Å². The Balaban J connectivity index is 2.22. The molecule has 1 aromatic rings. The Hall–Kier alpha value is -2.06. The third-order valence-corrected chi connectivity index (χ3v) is 3.41. The summed E-state index contributed by atoms with van der Waals surface area (Å²) in [6, 6.07) is 9.43. The van der Waals surface area contributed by atoms with Gasteiger partial charge in [-0.3, -0.25) is 4.79 Å². The second-order valence-electron chi connectivity index (χ2n) is 4.91. The summed E-state index contributed by atoms with van der Waals surface area (Å²) in [5.74, 6) is -1.17. The molecule has 1 saturated heterocycles. The van der Waals surface area contributed by atoms with E-state index in [1.165, 1.54) is 0 Å². The molecule has 0 aromatic heterocycles. The van der Waals surface area contributed by atoms with Crippen LogP contribution in [0.25, 0.3) is 0 Å². The summed E-state index contributed by atoms with van der Waals surface area (Å²) in [7, 11) is 1.94. The van der Waals surface area contributed by atoms with Gasteiger partial charge in [-0.1, -0.05) is 6.07 Å². The zero-order valence-corrected chi connectivity index (χ0v) is 10.9. The summed E-state index contributed by atoms with van der Waals surface area (Å²) in [6.45, 7) is 2.63. The predicted molar refractivity (Wildman–Crippen MR) is 72.0 cm³/mol. The van der Waals surface area contributed by atoms with Gasteiger partial charge in [-0.15, -0.1) is 0 Å². The second-order valence-corrected chi connectivity index (χ2v) is 4.91. The molecular formula is C14H17N3O2. The summed E-state index contributed by atoms with van der Waals surface area (Å²) in [4.78, 5) is 15.3. The first kappa shape index (κ1) is 13.4. The minimum absolute atomic E-state index is 0.404. The molecule has 0 spiro atoms. The number of benzene rings is 1. The molecule has 1 N–H and O–H groups in total. The molecule has 0 aliphatic carbocycles. The Labute approximate surface area is 112 Å². The molecule has 100 valence electrons. The number of carboxylic acid groups (broad SMARTS) is 1. The fourth-order valence-electron chi connectivity index (χ4n) is 2.34. The van der Waals surface area contributed by atoms with E-state index in [4.69, 9.17) is 5.26 Å². The molecule has 1 aliphatic rings. The lowest BCUT2D eigenvalue weighted by Gasteiger charge is -2.24. The normalized spacial score (nSPS) is 20.6. The number of aliphatic carboxylic acids is 1. The predicted octanol–water partition coefficient (Wildman–Crippen LogP) is 1.01. The Morgan fingerprint density at radius 1 is 1.42 bits per heavy atom. The Morgan fingerprint density at radius 3 is 2.89 bits per heavy atom. The summed E-state index contributed by atoms with van der Waals surface area (Å²) in [5.41, 5.74) is 1.52. The number of carbonyl (C=O) groups is 1. The van der Waals surface area contributed by atoms with Gasteiger partial charge in [0.15, 0.2) is 0 Å². The third kappa shape index (κ3) is 3.24. The standard InChI is InChI=1S/C14H17N3O2/c1-16-5-6-17(10-12(9-16)14(18)19)13-4-2-3-11(7-13)8-15/h2-4,7,12H,5-6,9-10H2,1H3,(H,18,19). The lowest BCUT2D eigenvalue weighted by molar-refractivity contribution is -0.141. The SMILES string of the molecule is CN1CCN(c2cccc(C#N)c2)CC(C(=O)O)C1. The van der Waals surface area contributed by atoms with Crippen molar-refractivity contribution < 1.29 is 9.90 Å². The highest BCUT2D eigenvalue weighted by Crippen LogP contribution is 2.19. The van der Waals surface area contributed by atoms with Crippen molar-refractivity contribution in [3.8, 4) is 6.07 Å². The number of nitrogens with zero attached hydrogens (tertiary/aromatic N) is 3. The van der Waals surface area contributed by atoms with Crippen molar-refractivity contribution in [3.05, 3.63) is 29.8 Å². The van der Waals surface area contributed by atoms with Gasteiger partial charge < -0.3 is 14.9 Å². The Bertz CT molecular complexity index is 510. The maximum Gasteiger partial charge on any atom is 0.309 e. The second kappa shape index (κ2) is 5.72. The lowest BCUT2D eigenvalue weighted by atomic mass is 10.1. The van der Waals surface area contributed by atoms with Gasteiger partial charge in [0, 0.05) is 31.9 Å². The fraction of sp³-hybridized carbons (Fsp3) is 0.429. The van der Waals surface area contributed by atoms with Crippen LogP contribution in [-0.4, -0.2) is 49.2 Å². The van der Waals surface area contributed by atoms with Crippen molar-refractivity contribution in [3.63, 3.8) is 0 Å². The molecule has 1 aromatic carbocycles. The average molecular weight is 259 g/mol. The van der Waals surface area contributed by atoms with Crippen molar-refractivity contribution in [1.82, 2.24) is 4.90 Å². The van der Waals surface area contributed by atoms with Gasteiger partial charge in [0.25, 0.3) is 0 Å². The monoisotopic (exact) mass is 259 g/mol. The van der Waals surface area contributed by atoms with E-state index in [0.29, 0.717) is 18.7 Å². The molecular weight excluding hydrogens is 242 g/mol. The number of anilines is 1. The molecule has 5 heteroatoms. The number of rotatable bonds is 2. The first-order chi connectivity index (χ1) is 9.10. The van der Waals surface area contributed by atoms with Gasteiger partial charge in [0.1, 0.15) is 0 Å². The Morgan fingerprint density at radius 2 is 2.21 bits per heavy atom. The molecule has 1 atom stereocenters. The number of likely N-dealkylation sites (N-methyl/N-ethyl adjacent to an activating group) is 1. The highest BCUT2D eigenvalue weighted by molar-refractivity contribution is 5.71. The van der Waals surface area contributed by atoms with Gasteiger partial charge in [-0.2, -0.15) is 5.26 Å². The highest BCUT2D eigenvalue weighted by atomic mass is 16.4. The first-order valence-corrected chi connectivity index (χ1v) is 6.26. The molecule has 0 amide bonds. The van der Waals surface area contributed by atoms with Crippen LogP contribution in [0.15, 0.2) is 24.3 Å². The molecule has 5 nitrogen and oxygen atoms in total. The molecule has 0 radical (unpaired) electrons. The topological polar surface area (TPSA) is 67.6 Å². The van der Waals surface area contributed by atoms with Crippen LogP contribution < -0.4 is 4.90 Å². The lowest BCUT2D eigenvalue weighted by Crippen LogP contribution is -2.34. The maximum absolute atomic E-state index is 11.2. The zero-order chi connectivity index (χ0) is 13.8. The zero-order valence-electron chi connectivity index (χ0n) is 10.9. The van der Waals surface area contributed by atoms with E-state index in [2.05, 4.69) is 6.07 Å². The summed E-state index contributed by atoms with van der Waals surface area (Å²) in [6.07, 6.45) is 0. The molecule has 1 heterocycles. The van der Waals surface area contributed by atoms with Crippen LogP contribution in [-0.2, 0) is 4.79 Å². The van der Waals surface area contributed by atoms with E-state index in [-0.39, 0.29) is 0 Å². The molecule has 19 heavy (non-hydrogen) atoms. The van der Waals surface area contributed by atoms with Gasteiger partial charge >= 0.3 is 5.97 Å². The average Bonchev–Trinajstić information content (AvgIpc) is 2.61. The van der Waals surface area contributed by atoms with Crippen LogP contribution in [0.1, 0.15) is 5.56 Å². The van der Waals surface area contributed by atoms with Gasteiger partial charge in [0.05, 0.1) is 17.6 Å². The largest absolute Gasteiger partial charge is 0.481 e. The smallest absolute Gasteiger partial charge is 0.309 e. The van der Waals surface area contributed by atoms with Crippen molar-refractivity contribution in [2.75, 3.05) is 38.1 Å². The van der Waals surface area contributed by atoms with Crippen LogP contribution in [0.2, 0.25) is 0 Å². The van der Waals surface area contributed by atoms with Gasteiger partial charge in [-0.05, 0) is 25.2 Å². The minimum Gasteiger partial charge on any atom is -0.481 e. The Kier molecular flexibility index (Phi) is 4.03. The van der Waals surface area contributed by atoms with E-state index < -0.39 is 11.9 Å². The van der Waals surface area contributed by atoms with E-state index in [1.54, 1.807) is 6.07 Å². The number of hydrogen-bond acceptors (Lipinski definition) is 4. The van der Waals surface area contributed by atoms with E-state index in [0.717, 1.165) is 18.8 Å². The van der Waals surface area contributed by atoms with Gasteiger partial charge in [-0.25, -0.2) is 0 Å². The highest BCUT2D eigenvalue weighted by Gasteiger charge is 2.26. The van der Waals surface area contributed by atoms with Crippen LogP contribution in [0.5, 0.6) is 0 Å². The van der Waals surface area contributed by atoms with Crippen LogP contribution in [0.4, 0.5) is 5.69 Å². The summed E-state index contributed by atoms with van der Waals surface area (Å²) >= 11 is 0. The first-order valence-electron chi connectivity index (χ1n) is 6.26.